The summed E-state index contributed by atoms with van der Waals surface area (Å²) in [5, 5.41) is 16.6. The zero-order valence-corrected chi connectivity index (χ0v) is 19.6. The first kappa shape index (κ1) is 24.7. The molecule has 2 aliphatic rings. The van der Waals surface area contributed by atoms with Crippen LogP contribution in [0.2, 0.25) is 0 Å². The second kappa shape index (κ2) is 9.12. The minimum Gasteiger partial charge on any atom is -0.406 e. The molecule has 9 nitrogen and oxygen atoms in total. The highest BCUT2D eigenvalue weighted by atomic mass is 19.4. The molecule has 2 heterocycles. The predicted molar refractivity (Wildman–Crippen MR) is 123 cm³/mol. The summed E-state index contributed by atoms with van der Waals surface area (Å²) < 4.78 is 55.9. The second-order valence-corrected chi connectivity index (χ2v) is 9.09. The Morgan fingerprint density at radius 3 is 2.62 bits per heavy atom. The van der Waals surface area contributed by atoms with Gasteiger partial charge in [0.2, 0.25) is 11.8 Å². The van der Waals surface area contributed by atoms with Crippen molar-refractivity contribution in [2.45, 2.75) is 44.4 Å². The second-order valence-electron chi connectivity index (χ2n) is 9.09. The highest BCUT2D eigenvalue weighted by molar-refractivity contribution is 6.04. The van der Waals surface area contributed by atoms with Crippen LogP contribution in [0.25, 0.3) is 11.4 Å². The molecule has 3 aromatic rings. The number of H-pyrrole nitrogens is 1. The SMILES string of the molecule is CCC1CCN(c2ccc(NC(=O)C3(c4ccc(OC(F)(F)F)cc4F)CC3)cc2-c2nnn[nH]2)C1=O. The maximum Gasteiger partial charge on any atom is 0.573 e. The number of anilines is 2. The van der Waals surface area contributed by atoms with Gasteiger partial charge in [-0.3, -0.25) is 9.59 Å². The molecule has 1 aromatic heterocycles. The zero-order chi connectivity index (χ0) is 26.4. The van der Waals surface area contributed by atoms with Crippen molar-refractivity contribution in [3.8, 4) is 17.1 Å². The highest BCUT2D eigenvalue weighted by Gasteiger charge is 2.53. The van der Waals surface area contributed by atoms with E-state index in [9.17, 15) is 27.2 Å². The van der Waals surface area contributed by atoms with Crippen LogP contribution < -0.4 is 15.0 Å². The van der Waals surface area contributed by atoms with Gasteiger partial charge in [-0.1, -0.05) is 13.0 Å². The van der Waals surface area contributed by atoms with Crippen molar-refractivity contribution in [2.75, 3.05) is 16.8 Å². The van der Waals surface area contributed by atoms with Gasteiger partial charge in [0.1, 0.15) is 11.6 Å². The van der Waals surface area contributed by atoms with Crippen molar-refractivity contribution in [2.24, 2.45) is 5.92 Å². The Balaban J connectivity index is 1.41. The van der Waals surface area contributed by atoms with E-state index in [1.54, 1.807) is 23.1 Å². The number of hydrogen-bond donors (Lipinski definition) is 2. The summed E-state index contributed by atoms with van der Waals surface area (Å²) in [4.78, 5) is 27.7. The number of amides is 2. The lowest BCUT2D eigenvalue weighted by Gasteiger charge is -2.21. The Morgan fingerprint density at radius 1 is 1.24 bits per heavy atom. The third kappa shape index (κ3) is 4.72. The molecule has 194 valence electrons. The Hall–Kier alpha value is -4.03. The van der Waals surface area contributed by atoms with Gasteiger partial charge in [0.15, 0.2) is 5.82 Å². The number of benzene rings is 2. The lowest BCUT2D eigenvalue weighted by atomic mass is 9.94. The Labute approximate surface area is 208 Å². The smallest absolute Gasteiger partial charge is 0.406 e. The summed E-state index contributed by atoms with van der Waals surface area (Å²) >= 11 is 0. The van der Waals surface area contributed by atoms with E-state index < -0.39 is 29.3 Å². The van der Waals surface area contributed by atoms with E-state index in [1.165, 1.54) is 0 Å². The van der Waals surface area contributed by atoms with E-state index >= 15 is 0 Å². The van der Waals surface area contributed by atoms with Crippen molar-refractivity contribution < 1.29 is 31.9 Å². The van der Waals surface area contributed by atoms with Crippen LogP contribution in [0.5, 0.6) is 5.75 Å². The van der Waals surface area contributed by atoms with Crippen LogP contribution in [0.15, 0.2) is 36.4 Å². The molecule has 1 aliphatic carbocycles. The number of tetrazole rings is 1. The van der Waals surface area contributed by atoms with Gasteiger partial charge < -0.3 is 15.0 Å². The van der Waals surface area contributed by atoms with Crippen LogP contribution in [-0.4, -0.2) is 45.3 Å². The van der Waals surface area contributed by atoms with Crippen molar-refractivity contribution in [3.63, 3.8) is 0 Å². The van der Waals surface area contributed by atoms with Gasteiger partial charge in [-0.2, -0.15) is 0 Å². The largest absolute Gasteiger partial charge is 0.573 e. The van der Waals surface area contributed by atoms with E-state index in [-0.39, 0.29) is 17.4 Å². The summed E-state index contributed by atoms with van der Waals surface area (Å²) in [7, 11) is 0. The first-order valence-electron chi connectivity index (χ1n) is 11.7. The van der Waals surface area contributed by atoms with Crippen molar-refractivity contribution >= 4 is 23.2 Å². The van der Waals surface area contributed by atoms with E-state index in [4.69, 9.17) is 0 Å². The number of halogens is 4. The maximum atomic E-state index is 14.7. The van der Waals surface area contributed by atoms with Gasteiger partial charge in [0.05, 0.1) is 11.1 Å². The van der Waals surface area contributed by atoms with Crippen molar-refractivity contribution in [3.05, 3.63) is 47.8 Å². The minimum absolute atomic E-state index is 0.00151. The quantitative estimate of drug-likeness (QED) is 0.450. The molecule has 37 heavy (non-hydrogen) atoms. The van der Waals surface area contributed by atoms with Crippen LogP contribution in [0, 0.1) is 11.7 Å². The minimum atomic E-state index is -4.96. The summed E-state index contributed by atoms with van der Waals surface area (Å²) in [6.45, 7) is 2.49. The standard InChI is InChI=1S/C24H22F4N6O3/c1-2-13-7-10-34(21(13)35)19-6-3-14(11-16(19)20-30-32-33-31-20)29-22(36)23(8-9-23)17-5-4-15(12-18(17)25)37-24(26,27)28/h3-6,11-13H,2,7-10H2,1H3,(H,29,36)(H,30,31,32,33). The summed E-state index contributed by atoms with van der Waals surface area (Å²) in [6, 6.07) is 7.68. The number of carbonyl (C=O) groups is 2. The Bertz CT molecular complexity index is 1340. The summed E-state index contributed by atoms with van der Waals surface area (Å²) in [5.41, 5.74) is 0.223. The van der Waals surface area contributed by atoms with Crippen LogP contribution >= 0.6 is 0 Å². The molecular formula is C24H22F4N6O3. The molecule has 1 unspecified atom stereocenters. The number of nitrogens with one attached hydrogen (secondary N) is 2. The van der Waals surface area contributed by atoms with Gasteiger partial charge in [0.25, 0.3) is 0 Å². The molecular weight excluding hydrogens is 496 g/mol. The van der Waals surface area contributed by atoms with Gasteiger partial charge in [-0.15, -0.1) is 18.3 Å². The van der Waals surface area contributed by atoms with Crippen LogP contribution in [0.4, 0.5) is 28.9 Å². The van der Waals surface area contributed by atoms with Gasteiger partial charge >= 0.3 is 6.36 Å². The van der Waals surface area contributed by atoms with Crippen molar-refractivity contribution in [1.82, 2.24) is 20.6 Å². The summed E-state index contributed by atoms with van der Waals surface area (Å²) in [5.74, 6) is -1.94. The molecule has 0 bridgehead atoms. The van der Waals surface area contributed by atoms with Crippen LogP contribution in [-0.2, 0) is 15.0 Å². The first-order valence-corrected chi connectivity index (χ1v) is 11.7. The molecule has 1 atom stereocenters. The number of rotatable bonds is 7. The maximum absolute atomic E-state index is 14.7. The molecule has 1 saturated heterocycles. The van der Waals surface area contributed by atoms with Gasteiger partial charge in [-0.05, 0) is 60.4 Å². The van der Waals surface area contributed by atoms with Crippen LogP contribution in [0.1, 0.15) is 38.2 Å². The van der Waals surface area contributed by atoms with E-state index in [0.717, 1.165) is 25.0 Å². The molecule has 0 spiro atoms. The Kier molecular flexibility index (Phi) is 6.08. The lowest BCUT2D eigenvalue weighted by Crippen LogP contribution is -2.29. The number of aromatic nitrogens is 4. The topological polar surface area (TPSA) is 113 Å². The zero-order valence-electron chi connectivity index (χ0n) is 19.6. The fraction of sp³-hybridized carbons (Fsp3) is 0.375. The molecule has 1 saturated carbocycles. The number of carbonyl (C=O) groups excluding carboxylic acids is 2. The number of ether oxygens (including phenoxy) is 1. The number of aromatic amines is 1. The van der Waals surface area contributed by atoms with Gasteiger partial charge in [-0.25, -0.2) is 9.49 Å². The third-order valence-corrected chi connectivity index (χ3v) is 6.83. The van der Waals surface area contributed by atoms with E-state index in [2.05, 4.69) is 30.7 Å². The molecule has 2 amide bonds. The molecule has 2 aromatic carbocycles. The molecule has 2 N–H and O–H groups in total. The number of alkyl halides is 3. The number of hydrogen-bond acceptors (Lipinski definition) is 6. The molecule has 0 radical (unpaired) electrons. The monoisotopic (exact) mass is 518 g/mol. The fourth-order valence-electron chi connectivity index (χ4n) is 4.74. The molecule has 1 aliphatic heterocycles. The van der Waals surface area contributed by atoms with Crippen molar-refractivity contribution in [1.29, 1.82) is 0 Å². The normalized spacial score (nSPS) is 18.7. The van der Waals surface area contributed by atoms with E-state index in [1.807, 2.05) is 6.92 Å². The average Bonchev–Trinajstić information content (AvgIpc) is 3.28. The average molecular weight is 518 g/mol. The molecule has 2 fully saturated rings. The molecule has 5 rings (SSSR count). The highest BCUT2D eigenvalue weighted by Crippen LogP contribution is 2.50. The fourth-order valence-corrected chi connectivity index (χ4v) is 4.74. The van der Waals surface area contributed by atoms with Gasteiger partial charge in [0, 0.05) is 35.3 Å². The molecule has 13 heteroatoms. The number of nitrogens with zero attached hydrogens (tertiary/aromatic N) is 4. The summed E-state index contributed by atoms with van der Waals surface area (Å²) in [6.07, 6.45) is -2.85. The third-order valence-electron chi connectivity index (χ3n) is 6.83. The Morgan fingerprint density at radius 2 is 2.03 bits per heavy atom. The predicted octanol–water partition coefficient (Wildman–Crippen LogP) is 4.34. The van der Waals surface area contributed by atoms with E-state index in [0.29, 0.717) is 48.2 Å². The van der Waals surface area contributed by atoms with Crippen LogP contribution in [0.3, 0.4) is 0 Å². The first-order chi connectivity index (χ1) is 17.6. The lowest BCUT2D eigenvalue weighted by molar-refractivity contribution is -0.274.